The highest BCUT2D eigenvalue weighted by Crippen LogP contribution is 2.12. The molecule has 1 atom stereocenters. The molecule has 2 N–H and O–H groups in total. The molecule has 18 heavy (non-hydrogen) atoms. The first-order valence-corrected chi connectivity index (χ1v) is 6.13. The van der Waals surface area contributed by atoms with Crippen LogP contribution in [-0.2, 0) is 4.79 Å². The molecule has 0 bridgehead atoms. The Morgan fingerprint density at radius 2 is 2.17 bits per heavy atom. The molecule has 0 saturated carbocycles. The van der Waals surface area contributed by atoms with Gasteiger partial charge in [0.2, 0.25) is 5.91 Å². The minimum atomic E-state index is -0.657. The van der Waals surface area contributed by atoms with Gasteiger partial charge < -0.3 is 10.4 Å². The molecule has 4 heteroatoms. The van der Waals surface area contributed by atoms with Gasteiger partial charge in [-0.2, -0.15) is 0 Å². The molecule has 0 aliphatic rings. The first kappa shape index (κ1) is 14.7. The molecular weight excluding hydrogens is 250 g/mol. The highest BCUT2D eigenvalue weighted by atomic mass is 35.5. The average molecular weight is 268 g/mol. The summed E-state index contributed by atoms with van der Waals surface area (Å²) in [5.74, 6) is -0.249. The standard InChI is InChI=1S/C14H18ClNO2/c1-10(17)14(2,3)16-13(18)8-7-11-5-4-6-12(15)9-11/h4-10,17H,1-3H3,(H,16,18)/b8-7+. The van der Waals surface area contributed by atoms with Crippen LogP contribution >= 0.6 is 11.6 Å². The fraction of sp³-hybridized carbons (Fsp3) is 0.357. The van der Waals surface area contributed by atoms with E-state index in [0.717, 1.165) is 5.56 Å². The third kappa shape index (κ3) is 4.51. The van der Waals surface area contributed by atoms with E-state index in [1.807, 2.05) is 12.1 Å². The summed E-state index contributed by atoms with van der Waals surface area (Å²) in [5, 5.41) is 12.9. The second kappa shape index (κ2) is 6.03. The molecule has 1 amide bonds. The Morgan fingerprint density at radius 3 is 2.72 bits per heavy atom. The van der Waals surface area contributed by atoms with Crippen molar-refractivity contribution in [1.29, 1.82) is 0 Å². The lowest BCUT2D eigenvalue weighted by Crippen LogP contribution is -2.50. The zero-order chi connectivity index (χ0) is 13.8. The van der Waals surface area contributed by atoms with Gasteiger partial charge in [-0.05, 0) is 44.5 Å². The van der Waals surface area contributed by atoms with Gasteiger partial charge in [0.15, 0.2) is 0 Å². The molecule has 0 saturated heterocycles. The zero-order valence-electron chi connectivity index (χ0n) is 10.8. The topological polar surface area (TPSA) is 49.3 Å². The fourth-order valence-electron chi connectivity index (χ4n) is 1.25. The van der Waals surface area contributed by atoms with Crippen LogP contribution in [0.3, 0.4) is 0 Å². The van der Waals surface area contributed by atoms with E-state index in [4.69, 9.17) is 11.6 Å². The summed E-state index contributed by atoms with van der Waals surface area (Å²) in [6.45, 7) is 5.17. The van der Waals surface area contributed by atoms with Crippen LogP contribution in [-0.4, -0.2) is 22.7 Å². The molecule has 1 aromatic rings. The summed E-state index contributed by atoms with van der Waals surface area (Å²) in [4.78, 5) is 11.7. The van der Waals surface area contributed by atoms with Gasteiger partial charge in [0.1, 0.15) is 0 Å². The maximum Gasteiger partial charge on any atom is 0.244 e. The van der Waals surface area contributed by atoms with Crippen LogP contribution in [0.25, 0.3) is 6.08 Å². The van der Waals surface area contributed by atoms with Crippen molar-refractivity contribution in [3.05, 3.63) is 40.9 Å². The van der Waals surface area contributed by atoms with Gasteiger partial charge in [-0.1, -0.05) is 23.7 Å². The van der Waals surface area contributed by atoms with Crippen molar-refractivity contribution in [2.24, 2.45) is 0 Å². The Bertz CT molecular complexity index is 453. The van der Waals surface area contributed by atoms with Gasteiger partial charge >= 0.3 is 0 Å². The number of nitrogens with one attached hydrogen (secondary N) is 1. The fourth-order valence-corrected chi connectivity index (χ4v) is 1.44. The first-order valence-electron chi connectivity index (χ1n) is 5.75. The molecule has 98 valence electrons. The highest BCUT2D eigenvalue weighted by Gasteiger charge is 2.24. The molecule has 0 fully saturated rings. The quantitative estimate of drug-likeness (QED) is 0.824. The maximum atomic E-state index is 11.7. The Labute approximate surface area is 112 Å². The summed E-state index contributed by atoms with van der Waals surface area (Å²) in [6.07, 6.45) is 2.48. The molecule has 0 aliphatic heterocycles. The molecule has 1 aromatic carbocycles. The number of hydrogen-bond donors (Lipinski definition) is 2. The largest absolute Gasteiger partial charge is 0.391 e. The lowest BCUT2D eigenvalue weighted by atomic mass is 9.99. The smallest absolute Gasteiger partial charge is 0.244 e. The van der Waals surface area contributed by atoms with Crippen molar-refractivity contribution in [3.63, 3.8) is 0 Å². The molecule has 3 nitrogen and oxygen atoms in total. The van der Waals surface area contributed by atoms with Gasteiger partial charge in [-0.25, -0.2) is 0 Å². The average Bonchev–Trinajstić information content (AvgIpc) is 2.25. The van der Waals surface area contributed by atoms with E-state index in [2.05, 4.69) is 5.32 Å². The second-order valence-corrected chi connectivity index (χ2v) is 5.21. The van der Waals surface area contributed by atoms with Crippen LogP contribution in [0.15, 0.2) is 30.3 Å². The van der Waals surface area contributed by atoms with E-state index >= 15 is 0 Å². The van der Waals surface area contributed by atoms with E-state index in [0.29, 0.717) is 5.02 Å². The van der Waals surface area contributed by atoms with E-state index in [1.54, 1.807) is 39.0 Å². The molecule has 0 radical (unpaired) electrons. The van der Waals surface area contributed by atoms with Gasteiger partial charge in [-0.15, -0.1) is 0 Å². The van der Waals surface area contributed by atoms with Crippen molar-refractivity contribution < 1.29 is 9.90 Å². The number of amides is 1. The Balaban J connectivity index is 2.66. The van der Waals surface area contributed by atoms with Crippen LogP contribution < -0.4 is 5.32 Å². The third-order valence-corrected chi connectivity index (χ3v) is 3.00. The van der Waals surface area contributed by atoms with Gasteiger partial charge in [0, 0.05) is 11.1 Å². The van der Waals surface area contributed by atoms with Gasteiger partial charge in [0.05, 0.1) is 11.6 Å². The molecule has 0 heterocycles. The first-order chi connectivity index (χ1) is 8.31. The predicted molar refractivity (Wildman–Crippen MR) is 74.4 cm³/mol. The Kier molecular flexibility index (Phi) is 4.93. The lowest BCUT2D eigenvalue weighted by molar-refractivity contribution is -0.119. The third-order valence-electron chi connectivity index (χ3n) is 2.77. The number of carbonyl (C=O) groups excluding carboxylic acids is 1. The van der Waals surface area contributed by atoms with Crippen LogP contribution in [0.2, 0.25) is 5.02 Å². The van der Waals surface area contributed by atoms with E-state index in [-0.39, 0.29) is 5.91 Å². The lowest BCUT2D eigenvalue weighted by Gasteiger charge is -2.28. The van der Waals surface area contributed by atoms with Crippen LogP contribution in [0.1, 0.15) is 26.3 Å². The monoisotopic (exact) mass is 267 g/mol. The van der Waals surface area contributed by atoms with Crippen molar-refractivity contribution in [1.82, 2.24) is 5.32 Å². The summed E-state index contributed by atoms with van der Waals surface area (Å²) in [6, 6.07) is 7.22. The number of carbonyl (C=O) groups is 1. The number of rotatable bonds is 4. The highest BCUT2D eigenvalue weighted by molar-refractivity contribution is 6.30. The van der Waals surface area contributed by atoms with Crippen molar-refractivity contribution in [3.8, 4) is 0 Å². The molecule has 0 aliphatic carbocycles. The summed E-state index contributed by atoms with van der Waals surface area (Å²) in [7, 11) is 0. The normalized spacial score (nSPS) is 13.6. The molecule has 0 spiro atoms. The van der Waals surface area contributed by atoms with Crippen LogP contribution in [0, 0.1) is 0 Å². The van der Waals surface area contributed by atoms with Crippen LogP contribution in [0.4, 0.5) is 0 Å². The van der Waals surface area contributed by atoms with Gasteiger partial charge in [-0.3, -0.25) is 4.79 Å². The molecular formula is C14H18ClNO2. The van der Waals surface area contributed by atoms with E-state index in [9.17, 15) is 9.90 Å². The summed E-state index contributed by atoms with van der Waals surface area (Å²) >= 11 is 5.84. The van der Waals surface area contributed by atoms with E-state index < -0.39 is 11.6 Å². The minimum absolute atomic E-state index is 0.249. The minimum Gasteiger partial charge on any atom is -0.391 e. The van der Waals surface area contributed by atoms with Gasteiger partial charge in [0.25, 0.3) is 0 Å². The van der Waals surface area contributed by atoms with Crippen molar-refractivity contribution >= 4 is 23.6 Å². The van der Waals surface area contributed by atoms with Crippen LogP contribution in [0.5, 0.6) is 0 Å². The number of aliphatic hydroxyl groups excluding tert-OH is 1. The second-order valence-electron chi connectivity index (χ2n) is 4.78. The molecule has 1 rings (SSSR count). The van der Waals surface area contributed by atoms with Crippen molar-refractivity contribution in [2.75, 3.05) is 0 Å². The number of halogens is 1. The predicted octanol–water partition coefficient (Wildman–Crippen LogP) is 2.63. The molecule has 1 unspecified atom stereocenters. The SMILES string of the molecule is CC(O)C(C)(C)NC(=O)/C=C/c1cccc(Cl)c1. The summed E-state index contributed by atoms with van der Waals surface area (Å²) in [5.41, 5.74) is 0.197. The summed E-state index contributed by atoms with van der Waals surface area (Å²) < 4.78 is 0. The number of benzene rings is 1. The zero-order valence-corrected chi connectivity index (χ0v) is 11.5. The maximum absolute atomic E-state index is 11.7. The van der Waals surface area contributed by atoms with Crippen molar-refractivity contribution in [2.45, 2.75) is 32.4 Å². The number of hydrogen-bond acceptors (Lipinski definition) is 2. The number of aliphatic hydroxyl groups is 1. The Hall–Kier alpha value is -1.32. The Morgan fingerprint density at radius 1 is 1.50 bits per heavy atom. The molecule has 0 aromatic heterocycles. The van der Waals surface area contributed by atoms with E-state index in [1.165, 1.54) is 6.08 Å².